The molecule has 1 aromatic carbocycles. The summed E-state index contributed by atoms with van der Waals surface area (Å²) in [5.74, 6) is 0.165. The average molecular weight is 273 g/mol. The van der Waals surface area contributed by atoms with E-state index in [2.05, 4.69) is 4.99 Å². The van der Waals surface area contributed by atoms with Crippen LogP contribution in [-0.4, -0.2) is 16.3 Å². The number of thiocarbonyl (C=S) groups is 1. The summed E-state index contributed by atoms with van der Waals surface area (Å²) in [5.41, 5.74) is 0.116. The molecule has 0 aliphatic rings. The highest BCUT2D eigenvalue weighted by Crippen LogP contribution is 2.12. The summed E-state index contributed by atoms with van der Waals surface area (Å²) in [6.45, 7) is 1.58. The third kappa shape index (κ3) is 3.14. The van der Waals surface area contributed by atoms with Gasteiger partial charge in [0.1, 0.15) is 22.1 Å². The Labute approximate surface area is 115 Å². The summed E-state index contributed by atoms with van der Waals surface area (Å²) in [6.07, 6.45) is 1.22. The molecule has 1 heterocycles. The highest BCUT2D eigenvalue weighted by Gasteiger charge is 2.07. The predicted molar refractivity (Wildman–Crippen MR) is 77.1 cm³/mol. The number of benzene rings is 1. The molecule has 4 nitrogen and oxygen atoms in total. The van der Waals surface area contributed by atoms with Gasteiger partial charge in [-0.1, -0.05) is 42.5 Å². The molecule has 19 heavy (non-hydrogen) atoms. The molecule has 0 bridgehead atoms. The van der Waals surface area contributed by atoms with Gasteiger partial charge in [0.2, 0.25) is 0 Å². The second kappa shape index (κ2) is 5.58. The molecule has 1 aromatic heterocycles. The Balaban J connectivity index is 2.30. The number of hydrogen-bond donors (Lipinski definition) is 1. The van der Waals surface area contributed by atoms with Crippen LogP contribution in [0.4, 0.5) is 0 Å². The maximum Gasteiger partial charge on any atom is 0.348 e. The zero-order valence-corrected chi connectivity index (χ0v) is 11.0. The van der Waals surface area contributed by atoms with Gasteiger partial charge in [0.05, 0.1) is 0 Å². The minimum atomic E-state index is -0.642. The molecule has 5 heteroatoms. The fraction of sp³-hybridized carbons (Fsp3) is 0.0714. The lowest BCUT2D eigenvalue weighted by molar-refractivity contribution is 0.433. The molecule has 0 amide bonds. The Morgan fingerprint density at radius 1 is 1.37 bits per heavy atom. The molecule has 0 spiro atoms. The van der Waals surface area contributed by atoms with Crippen molar-refractivity contribution in [2.45, 2.75) is 6.92 Å². The molecule has 0 atom stereocenters. The first-order valence-electron chi connectivity index (χ1n) is 5.55. The van der Waals surface area contributed by atoms with Crippen LogP contribution in [0.3, 0.4) is 0 Å². The molecule has 0 saturated heterocycles. The molecule has 0 radical (unpaired) electrons. The van der Waals surface area contributed by atoms with Gasteiger partial charge >= 0.3 is 5.63 Å². The standard InChI is InChI=1S/C14H11NO3S/c1-9-7-12(16)11(14(17)18-9)8-15-13(19)10-5-3-2-4-6-10/h2-8,16H,1H3. The van der Waals surface area contributed by atoms with Crippen molar-refractivity contribution < 1.29 is 9.52 Å². The molecule has 0 aliphatic heterocycles. The van der Waals surface area contributed by atoms with E-state index in [0.29, 0.717) is 10.7 Å². The molecular formula is C14H11NO3S. The van der Waals surface area contributed by atoms with Gasteiger partial charge in [-0.15, -0.1) is 0 Å². The summed E-state index contributed by atoms with van der Waals surface area (Å²) in [6, 6.07) is 10.5. The van der Waals surface area contributed by atoms with Crippen LogP contribution in [0.25, 0.3) is 0 Å². The van der Waals surface area contributed by atoms with Crippen molar-refractivity contribution in [3.05, 3.63) is 63.7 Å². The second-order valence-corrected chi connectivity index (χ2v) is 4.26. The molecule has 1 N–H and O–H groups in total. The van der Waals surface area contributed by atoms with Gasteiger partial charge in [-0.3, -0.25) is 0 Å². The SMILES string of the molecule is Cc1cc(O)c(C=NC(=S)c2ccccc2)c(=O)o1. The van der Waals surface area contributed by atoms with Crippen LogP contribution in [0.5, 0.6) is 5.75 Å². The lowest BCUT2D eigenvalue weighted by Crippen LogP contribution is -2.08. The van der Waals surface area contributed by atoms with Crippen molar-refractivity contribution in [1.29, 1.82) is 0 Å². The van der Waals surface area contributed by atoms with E-state index in [1.54, 1.807) is 6.92 Å². The molecule has 0 unspecified atom stereocenters. The summed E-state index contributed by atoms with van der Waals surface area (Å²) in [7, 11) is 0. The van der Waals surface area contributed by atoms with E-state index in [0.717, 1.165) is 5.56 Å². The van der Waals surface area contributed by atoms with E-state index in [-0.39, 0.29) is 11.3 Å². The summed E-state index contributed by atoms with van der Waals surface area (Å²) in [4.78, 5) is 15.9. The average Bonchev–Trinajstić information content (AvgIpc) is 2.38. The number of hydrogen-bond acceptors (Lipinski definition) is 4. The van der Waals surface area contributed by atoms with Gasteiger partial charge < -0.3 is 9.52 Å². The van der Waals surface area contributed by atoms with Crippen LogP contribution in [-0.2, 0) is 0 Å². The molecule has 0 saturated carbocycles. The van der Waals surface area contributed by atoms with Crippen LogP contribution in [0, 0.1) is 6.92 Å². The van der Waals surface area contributed by atoms with Crippen molar-refractivity contribution in [3.8, 4) is 5.75 Å². The zero-order chi connectivity index (χ0) is 13.8. The normalized spacial score (nSPS) is 10.8. The minimum absolute atomic E-state index is 0.0103. The topological polar surface area (TPSA) is 62.8 Å². The summed E-state index contributed by atoms with van der Waals surface area (Å²) >= 11 is 5.12. The first kappa shape index (κ1) is 13.2. The number of nitrogens with zero attached hydrogens (tertiary/aromatic N) is 1. The summed E-state index contributed by atoms with van der Waals surface area (Å²) in [5, 5.41) is 9.66. The van der Waals surface area contributed by atoms with Gasteiger partial charge in [0, 0.05) is 17.8 Å². The fourth-order valence-electron chi connectivity index (χ4n) is 1.50. The minimum Gasteiger partial charge on any atom is -0.507 e. The third-order valence-corrected chi connectivity index (χ3v) is 2.76. The van der Waals surface area contributed by atoms with Crippen molar-refractivity contribution >= 4 is 23.4 Å². The van der Waals surface area contributed by atoms with Crippen LogP contribution in [0.2, 0.25) is 0 Å². The summed E-state index contributed by atoms with van der Waals surface area (Å²) < 4.78 is 4.88. The first-order chi connectivity index (χ1) is 9.08. The quantitative estimate of drug-likeness (QED) is 0.674. The largest absolute Gasteiger partial charge is 0.507 e. The number of rotatable bonds is 2. The zero-order valence-electron chi connectivity index (χ0n) is 10.2. The van der Waals surface area contributed by atoms with Crippen LogP contribution in [0.1, 0.15) is 16.9 Å². The highest BCUT2D eigenvalue weighted by molar-refractivity contribution is 7.80. The lowest BCUT2D eigenvalue weighted by atomic mass is 10.2. The van der Waals surface area contributed by atoms with Crippen LogP contribution >= 0.6 is 12.2 Å². The Hall–Kier alpha value is -2.27. The van der Waals surface area contributed by atoms with E-state index in [4.69, 9.17) is 16.6 Å². The van der Waals surface area contributed by atoms with Crippen molar-refractivity contribution in [2.75, 3.05) is 0 Å². The van der Waals surface area contributed by atoms with Gasteiger partial charge in [-0.2, -0.15) is 0 Å². The van der Waals surface area contributed by atoms with E-state index < -0.39 is 5.63 Å². The van der Waals surface area contributed by atoms with Gasteiger partial charge in [-0.25, -0.2) is 9.79 Å². The Bertz CT molecular complexity index is 690. The van der Waals surface area contributed by atoms with E-state index in [1.807, 2.05) is 30.3 Å². The molecule has 0 aliphatic carbocycles. The Morgan fingerprint density at radius 3 is 2.68 bits per heavy atom. The fourth-order valence-corrected chi connectivity index (χ4v) is 1.69. The smallest absolute Gasteiger partial charge is 0.348 e. The van der Waals surface area contributed by atoms with E-state index in [1.165, 1.54) is 12.3 Å². The Kier molecular flexibility index (Phi) is 3.87. The predicted octanol–water partition coefficient (Wildman–Crippen LogP) is 2.45. The number of aliphatic imine (C=N–C) groups is 1. The van der Waals surface area contributed by atoms with Crippen molar-refractivity contribution in [3.63, 3.8) is 0 Å². The lowest BCUT2D eigenvalue weighted by Gasteiger charge is -1.99. The first-order valence-corrected chi connectivity index (χ1v) is 5.96. The van der Waals surface area contributed by atoms with Crippen LogP contribution in [0.15, 0.2) is 50.6 Å². The van der Waals surface area contributed by atoms with Crippen molar-refractivity contribution in [1.82, 2.24) is 0 Å². The van der Waals surface area contributed by atoms with Gasteiger partial charge in [0.15, 0.2) is 0 Å². The molecular weight excluding hydrogens is 262 g/mol. The molecule has 96 valence electrons. The monoisotopic (exact) mass is 273 g/mol. The third-order valence-electron chi connectivity index (χ3n) is 2.42. The van der Waals surface area contributed by atoms with E-state index in [9.17, 15) is 9.90 Å². The number of aryl methyl sites for hydroxylation is 1. The van der Waals surface area contributed by atoms with Crippen molar-refractivity contribution in [2.24, 2.45) is 4.99 Å². The molecule has 0 fully saturated rings. The molecule has 2 rings (SSSR count). The molecule has 2 aromatic rings. The maximum atomic E-state index is 11.5. The maximum absolute atomic E-state index is 11.5. The Morgan fingerprint density at radius 2 is 2.05 bits per heavy atom. The second-order valence-electron chi connectivity index (χ2n) is 3.87. The van der Waals surface area contributed by atoms with Gasteiger partial charge in [-0.05, 0) is 6.92 Å². The number of aromatic hydroxyl groups is 1. The highest BCUT2D eigenvalue weighted by atomic mass is 32.1. The van der Waals surface area contributed by atoms with Gasteiger partial charge in [0.25, 0.3) is 0 Å². The van der Waals surface area contributed by atoms with E-state index >= 15 is 0 Å². The van der Waals surface area contributed by atoms with Crippen LogP contribution < -0.4 is 5.63 Å².